The maximum absolute atomic E-state index is 5.97. The Kier molecular flexibility index (Phi) is 4.66. The zero-order valence-corrected chi connectivity index (χ0v) is 13.0. The Morgan fingerprint density at radius 3 is 1.06 bits per heavy atom. The minimum Gasteiger partial charge on any atom is -0.487 e. The first-order chi connectivity index (χ1) is 8.25. The molecule has 102 valence electrons. The molecule has 2 nitrogen and oxygen atoms in total. The van der Waals surface area contributed by atoms with Crippen LogP contribution in [-0.2, 0) is 0 Å². The molecule has 0 N–H and O–H groups in total. The lowest BCUT2D eigenvalue weighted by Crippen LogP contribution is -2.14. The van der Waals surface area contributed by atoms with E-state index in [2.05, 4.69) is 27.7 Å². The van der Waals surface area contributed by atoms with Gasteiger partial charge >= 0.3 is 0 Å². The van der Waals surface area contributed by atoms with Crippen molar-refractivity contribution in [1.82, 2.24) is 0 Å². The van der Waals surface area contributed by atoms with Crippen LogP contribution in [0.4, 0.5) is 0 Å². The molecule has 0 unspecified atom stereocenters. The van der Waals surface area contributed by atoms with Gasteiger partial charge in [0.1, 0.15) is 0 Å². The molecule has 1 rings (SSSR count). The van der Waals surface area contributed by atoms with Gasteiger partial charge in [0.15, 0.2) is 11.5 Å². The molecule has 0 amide bonds. The van der Waals surface area contributed by atoms with E-state index >= 15 is 0 Å². The van der Waals surface area contributed by atoms with E-state index in [1.54, 1.807) is 0 Å². The van der Waals surface area contributed by atoms with E-state index < -0.39 is 0 Å². The van der Waals surface area contributed by atoms with E-state index in [9.17, 15) is 0 Å². The van der Waals surface area contributed by atoms with E-state index in [0.29, 0.717) is 0 Å². The van der Waals surface area contributed by atoms with Crippen molar-refractivity contribution in [3.8, 4) is 11.5 Å². The molecule has 1 aromatic carbocycles. The number of benzene rings is 1. The summed E-state index contributed by atoms with van der Waals surface area (Å²) >= 11 is 0. The Morgan fingerprint density at radius 2 is 0.833 bits per heavy atom. The van der Waals surface area contributed by atoms with Crippen LogP contribution in [0.15, 0.2) is 0 Å². The van der Waals surface area contributed by atoms with Crippen LogP contribution in [0.5, 0.6) is 11.5 Å². The second kappa shape index (κ2) is 5.64. The minimum atomic E-state index is 0.153. The van der Waals surface area contributed by atoms with Crippen LogP contribution in [0.1, 0.15) is 49.9 Å². The standard InChI is InChI=1S/C16H26O2/c1-9(2)17-15-13(7)11(5)12(6)14(8)16(15)18-10(3)4/h9-10H,1-8H3. The van der Waals surface area contributed by atoms with Gasteiger partial charge in [0.2, 0.25) is 0 Å². The van der Waals surface area contributed by atoms with Crippen LogP contribution in [0.3, 0.4) is 0 Å². The van der Waals surface area contributed by atoms with Gasteiger partial charge in [-0.15, -0.1) is 0 Å². The molecule has 0 aliphatic carbocycles. The molecule has 0 aliphatic rings. The number of hydrogen-bond donors (Lipinski definition) is 0. The van der Waals surface area contributed by atoms with Crippen LogP contribution < -0.4 is 9.47 Å². The summed E-state index contributed by atoms with van der Waals surface area (Å²) in [4.78, 5) is 0. The van der Waals surface area contributed by atoms with Gasteiger partial charge in [-0.2, -0.15) is 0 Å². The van der Waals surface area contributed by atoms with Gasteiger partial charge in [-0.1, -0.05) is 0 Å². The molecule has 0 saturated carbocycles. The molecule has 0 bridgehead atoms. The van der Waals surface area contributed by atoms with Crippen molar-refractivity contribution in [2.75, 3.05) is 0 Å². The molecular formula is C16H26O2. The Labute approximate surface area is 111 Å². The van der Waals surface area contributed by atoms with Crippen LogP contribution in [-0.4, -0.2) is 12.2 Å². The lowest BCUT2D eigenvalue weighted by atomic mass is 9.97. The molecule has 0 fully saturated rings. The third-order valence-electron chi connectivity index (χ3n) is 3.28. The van der Waals surface area contributed by atoms with Gasteiger partial charge in [0, 0.05) is 0 Å². The van der Waals surface area contributed by atoms with Crippen molar-refractivity contribution in [3.05, 3.63) is 22.3 Å². The van der Waals surface area contributed by atoms with Gasteiger partial charge in [-0.3, -0.25) is 0 Å². The molecule has 0 aromatic heterocycles. The molecule has 1 aromatic rings. The van der Waals surface area contributed by atoms with E-state index in [1.807, 2.05) is 27.7 Å². The zero-order chi connectivity index (χ0) is 14.0. The fourth-order valence-electron chi connectivity index (χ4n) is 2.00. The van der Waals surface area contributed by atoms with Crippen LogP contribution >= 0.6 is 0 Å². The minimum absolute atomic E-state index is 0.153. The Hall–Kier alpha value is -1.18. The highest BCUT2D eigenvalue weighted by molar-refractivity contribution is 5.58. The highest BCUT2D eigenvalue weighted by Crippen LogP contribution is 2.40. The summed E-state index contributed by atoms with van der Waals surface area (Å²) in [5.74, 6) is 1.80. The maximum Gasteiger partial charge on any atom is 0.165 e. The van der Waals surface area contributed by atoms with Crippen molar-refractivity contribution in [1.29, 1.82) is 0 Å². The highest BCUT2D eigenvalue weighted by Gasteiger charge is 2.19. The summed E-state index contributed by atoms with van der Waals surface area (Å²) in [5, 5.41) is 0. The van der Waals surface area contributed by atoms with Gasteiger partial charge in [0.25, 0.3) is 0 Å². The Balaban J connectivity index is 3.43. The predicted octanol–water partition coefficient (Wildman–Crippen LogP) is 4.49. The summed E-state index contributed by atoms with van der Waals surface area (Å²) in [7, 11) is 0. The second-order valence-corrected chi connectivity index (χ2v) is 5.49. The molecule has 18 heavy (non-hydrogen) atoms. The second-order valence-electron chi connectivity index (χ2n) is 5.49. The van der Waals surface area contributed by atoms with Crippen molar-refractivity contribution in [2.24, 2.45) is 0 Å². The largest absolute Gasteiger partial charge is 0.487 e. The average molecular weight is 250 g/mol. The van der Waals surface area contributed by atoms with Crippen molar-refractivity contribution in [3.63, 3.8) is 0 Å². The van der Waals surface area contributed by atoms with Crippen molar-refractivity contribution >= 4 is 0 Å². The molecule has 0 atom stereocenters. The van der Waals surface area contributed by atoms with Crippen molar-refractivity contribution < 1.29 is 9.47 Å². The molecule has 0 aliphatic heterocycles. The Bertz CT molecular complexity index is 390. The van der Waals surface area contributed by atoms with E-state index in [0.717, 1.165) is 11.5 Å². The summed E-state index contributed by atoms with van der Waals surface area (Å²) in [6, 6.07) is 0. The molecule has 0 saturated heterocycles. The molecule has 0 radical (unpaired) electrons. The van der Waals surface area contributed by atoms with Gasteiger partial charge < -0.3 is 9.47 Å². The molecule has 0 spiro atoms. The Morgan fingerprint density at radius 1 is 0.556 bits per heavy atom. The van der Waals surface area contributed by atoms with Crippen molar-refractivity contribution in [2.45, 2.75) is 67.6 Å². The third kappa shape index (κ3) is 2.98. The molecule has 2 heteroatoms. The first-order valence-corrected chi connectivity index (χ1v) is 6.69. The van der Waals surface area contributed by atoms with Gasteiger partial charge in [-0.05, 0) is 77.6 Å². The summed E-state index contributed by atoms with van der Waals surface area (Å²) in [6.07, 6.45) is 0.305. The fourth-order valence-corrected chi connectivity index (χ4v) is 2.00. The topological polar surface area (TPSA) is 18.5 Å². The lowest BCUT2D eigenvalue weighted by molar-refractivity contribution is 0.196. The normalized spacial score (nSPS) is 11.2. The quantitative estimate of drug-likeness (QED) is 0.783. The van der Waals surface area contributed by atoms with E-state index in [1.165, 1.54) is 22.3 Å². The number of rotatable bonds is 4. The zero-order valence-electron chi connectivity index (χ0n) is 13.0. The predicted molar refractivity (Wildman–Crippen MR) is 76.9 cm³/mol. The first kappa shape index (κ1) is 14.9. The SMILES string of the molecule is Cc1c(C)c(C)c(OC(C)C)c(OC(C)C)c1C. The summed E-state index contributed by atoms with van der Waals surface area (Å²) in [6.45, 7) is 16.7. The number of ether oxygens (including phenoxy) is 2. The highest BCUT2D eigenvalue weighted by atomic mass is 16.5. The van der Waals surface area contributed by atoms with Crippen LogP contribution in [0.25, 0.3) is 0 Å². The van der Waals surface area contributed by atoms with E-state index in [-0.39, 0.29) is 12.2 Å². The van der Waals surface area contributed by atoms with Crippen LogP contribution in [0.2, 0.25) is 0 Å². The van der Waals surface area contributed by atoms with E-state index in [4.69, 9.17) is 9.47 Å². The molecular weight excluding hydrogens is 224 g/mol. The van der Waals surface area contributed by atoms with Gasteiger partial charge in [0.05, 0.1) is 12.2 Å². The number of hydrogen-bond acceptors (Lipinski definition) is 2. The fraction of sp³-hybridized carbons (Fsp3) is 0.625. The summed E-state index contributed by atoms with van der Waals surface area (Å²) < 4.78 is 11.9. The maximum atomic E-state index is 5.97. The smallest absolute Gasteiger partial charge is 0.165 e. The molecule has 0 heterocycles. The van der Waals surface area contributed by atoms with Crippen LogP contribution in [0, 0.1) is 27.7 Å². The monoisotopic (exact) mass is 250 g/mol. The lowest BCUT2D eigenvalue weighted by Gasteiger charge is -2.24. The van der Waals surface area contributed by atoms with Gasteiger partial charge in [-0.25, -0.2) is 0 Å². The average Bonchev–Trinajstić information content (AvgIpc) is 2.27. The summed E-state index contributed by atoms with van der Waals surface area (Å²) in [5.41, 5.74) is 4.95. The first-order valence-electron chi connectivity index (χ1n) is 6.69. The third-order valence-corrected chi connectivity index (χ3v) is 3.28.